The van der Waals surface area contributed by atoms with Gasteiger partial charge in [-0.1, -0.05) is 32.9 Å². The molecule has 1 saturated heterocycles. The number of ether oxygens (including phenoxy) is 5. The second-order valence-corrected chi connectivity index (χ2v) is 19.1. The third-order valence-electron chi connectivity index (χ3n) is 13.7. The predicted molar refractivity (Wildman–Crippen MR) is 268 cm³/mol. The summed E-state index contributed by atoms with van der Waals surface area (Å²) in [6, 6.07) is 9.64. The van der Waals surface area contributed by atoms with E-state index in [9.17, 15) is 33.6 Å². The number of cyclic esters (lactones) is 1. The van der Waals surface area contributed by atoms with Crippen molar-refractivity contribution >= 4 is 58.4 Å². The lowest BCUT2D eigenvalue weighted by atomic mass is 9.85. The largest absolute Gasteiger partial charge is 0.510 e. The van der Waals surface area contributed by atoms with Crippen LogP contribution in [0.2, 0.25) is 0 Å². The predicted octanol–water partition coefficient (Wildman–Crippen LogP) is 2.44. The zero-order chi connectivity index (χ0) is 52.8. The lowest BCUT2D eigenvalue weighted by molar-refractivity contribution is -0.175. The smallest absolute Gasteiger partial charge is 0.486 e. The molecule has 6 heterocycles. The van der Waals surface area contributed by atoms with Gasteiger partial charge in [0.25, 0.3) is 5.56 Å². The van der Waals surface area contributed by atoms with Crippen molar-refractivity contribution in [2.75, 3.05) is 58.3 Å². The van der Waals surface area contributed by atoms with Crippen molar-refractivity contribution in [1.82, 2.24) is 30.0 Å². The van der Waals surface area contributed by atoms with Gasteiger partial charge >= 0.3 is 18.1 Å². The minimum absolute atomic E-state index is 0.0867. The van der Waals surface area contributed by atoms with Gasteiger partial charge in [-0.2, -0.15) is 0 Å². The highest BCUT2D eigenvalue weighted by Gasteiger charge is 2.51. The van der Waals surface area contributed by atoms with Crippen LogP contribution in [0.1, 0.15) is 80.7 Å². The number of benzene rings is 2. The van der Waals surface area contributed by atoms with Crippen LogP contribution in [0.15, 0.2) is 52.3 Å². The number of piperazine rings is 1. The number of nitrogens with one attached hydrogen (secondary N) is 3. The molecule has 8 N–H and O–H groups in total. The number of aliphatic imine (C=N–C) groups is 1. The Bertz CT molecular complexity index is 2930. The molecule has 0 saturated carbocycles. The summed E-state index contributed by atoms with van der Waals surface area (Å²) in [7, 11) is 2.10. The number of nitrogens with zero attached hydrogens (tertiary/aromatic N) is 5. The van der Waals surface area contributed by atoms with Gasteiger partial charge in [0, 0.05) is 74.0 Å². The van der Waals surface area contributed by atoms with E-state index in [0.29, 0.717) is 65.8 Å². The van der Waals surface area contributed by atoms with Crippen LogP contribution < -0.4 is 42.5 Å². The lowest BCUT2D eigenvalue weighted by Gasteiger charge is -2.35. The molecular formula is C51H62N10O13. The number of carbonyl (C=O) groups is 6. The molecule has 0 aliphatic carbocycles. The van der Waals surface area contributed by atoms with E-state index in [1.54, 1.807) is 55.7 Å². The molecule has 8 rings (SSSR count). The number of rotatable bonds is 19. The average molecular weight is 1020 g/mol. The van der Waals surface area contributed by atoms with E-state index in [-0.39, 0.29) is 62.7 Å². The van der Waals surface area contributed by atoms with Crippen molar-refractivity contribution in [3.63, 3.8) is 0 Å². The maximum atomic E-state index is 14.5. The van der Waals surface area contributed by atoms with Gasteiger partial charge in [-0.3, -0.25) is 33.9 Å². The van der Waals surface area contributed by atoms with E-state index < -0.39 is 71.4 Å². The van der Waals surface area contributed by atoms with Gasteiger partial charge in [0.2, 0.25) is 23.3 Å². The summed E-state index contributed by atoms with van der Waals surface area (Å²) in [6.45, 7) is 9.76. The first-order chi connectivity index (χ1) is 35.4. The first-order valence-corrected chi connectivity index (χ1v) is 24.7. The standard InChI is InChI=1S/C51H62N10O13/c1-5-51(74-50(69)73-26-29-8-10-30(11-9-29)55-45(65)36(7-6-14-54-49(52)53)57-46(66)43(28(2)3)58-41(62)12-13-42(63)64)35-22-38-44-33(25-61(38)47(67)34(35)27-72-48(51)68)32(24-60-17-15-59(4)16-18-60)31-21-39-40(23-37(31)56-44)71-20-19-70-39/h8-11,21-23,28,36,43H,5-7,12-20,24-27H2,1-4H3,(H,55,65)(H,57,66)(H,58,62)(H,63,64)(H4,52,53,54)/t36-,43-,51-/m0/s1. The summed E-state index contributed by atoms with van der Waals surface area (Å²) < 4.78 is 30.6. The van der Waals surface area contributed by atoms with E-state index in [1.165, 1.54) is 0 Å². The molecule has 3 atom stereocenters. The molecule has 0 spiro atoms. The molecular weight excluding hydrogens is 961 g/mol. The number of guanidine groups is 1. The van der Waals surface area contributed by atoms with Crippen LogP contribution >= 0.6 is 0 Å². The van der Waals surface area contributed by atoms with Gasteiger partial charge < -0.3 is 65.7 Å². The number of esters is 1. The molecule has 2 aromatic heterocycles. The molecule has 0 unspecified atom stereocenters. The van der Waals surface area contributed by atoms with Gasteiger partial charge in [0.1, 0.15) is 38.5 Å². The minimum atomic E-state index is -2.03. The number of aliphatic carboxylic acids is 1. The molecule has 4 aromatic rings. The van der Waals surface area contributed by atoms with Crippen LogP contribution in [0, 0.1) is 5.92 Å². The molecule has 394 valence electrons. The van der Waals surface area contributed by atoms with Gasteiger partial charge in [0.05, 0.1) is 35.4 Å². The van der Waals surface area contributed by atoms with E-state index in [0.717, 1.165) is 42.7 Å². The number of nitrogens with two attached hydrogens (primary N) is 2. The Morgan fingerprint density at radius 3 is 2.31 bits per heavy atom. The SMILES string of the molecule is CC[C@@]1(OC(=O)OCc2ccc(NC(=O)[C@H](CCCN=C(N)N)NC(=O)[C@@H](NC(=O)CCC(=O)O)C(C)C)cc2)C(=O)OCc2c1cc1n(c2=O)Cc2c-1nc1cc3c(cc1c2CN1CCN(C)CC1)OCCO3. The maximum Gasteiger partial charge on any atom is 0.510 e. The van der Waals surface area contributed by atoms with Crippen molar-refractivity contribution in [1.29, 1.82) is 0 Å². The third kappa shape index (κ3) is 11.5. The number of likely N-dealkylation sites (N-methyl/N-ethyl adjacent to an activating group) is 1. The zero-order valence-electron chi connectivity index (χ0n) is 41.8. The molecule has 4 aliphatic heterocycles. The summed E-state index contributed by atoms with van der Waals surface area (Å²) >= 11 is 0. The summed E-state index contributed by atoms with van der Waals surface area (Å²) in [6.07, 6.45) is -1.61. The minimum Gasteiger partial charge on any atom is -0.486 e. The van der Waals surface area contributed by atoms with Gasteiger partial charge in [0.15, 0.2) is 17.5 Å². The molecule has 74 heavy (non-hydrogen) atoms. The molecule has 1 fully saturated rings. The highest BCUT2D eigenvalue weighted by molar-refractivity contribution is 5.99. The molecule has 4 aliphatic rings. The van der Waals surface area contributed by atoms with Crippen LogP contribution in [-0.4, -0.2) is 131 Å². The molecule has 2 aromatic carbocycles. The van der Waals surface area contributed by atoms with Gasteiger partial charge in [-0.05, 0) is 67.6 Å². The molecule has 0 bridgehead atoms. The average Bonchev–Trinajstić information content (AvgIpc) is 3.77. The number of hydrogen-bond acceptors (Lipinski definition) is 16. The van der Waals surface area contributed by atoms with E-state index >= 15 is 0 Å². The van der Waals surface area contributed by atoms with Gasteiger partial charge in [-0.25, -0.2) is 14.6 Å². The van der Waals surface area contributed by atoms with Gasteiger partial charge in [-0.15, -0.1) is 0 Å². The molecule has 3 amide bonds. The number of amides is 3. The number of fused-ring (bicyclic) bond motifs is 6. The van der Waals surface area contributed by atoms with Crippen molar-refractivity contribution in [2.24, 2.45) is 22.4 Å². The maximum absolute atomic E-state index is 14.5. The van der Waals surface area contributed by atoms with E-state index in [4.69, 9.17) is 45.2 Å². The second kappa shape index (κ2) is 22.5. The molecule has 23 nitrogen and oxygen atoms in total. The quantitative estimate of drug-likeness (QED) is 0.0299. The summed E-state index contributed by atoms with van der Waals surface area (Å²) in [5.41, 5.74) is 13.2. The van der Waals surface area contributed by atoms with Crippen molar-refractivity contribution in [3.8, 4) is 22.9 Å². The van der Waals surface area contributed by atoms with Crippen LogP contribution in [0.5, 0.6) is 11.5 Å². The van der Waals surface area contributed by atoms with Crippen LogP contribution in [0.4, 0.5) is 10.5 Å². The number of aromatic nitrogens is 2. The Labute approximate surface area is 425 Å². The third-order valence-corrected chi connectivity index (χ3v) is 13.7. The highest BCUT2D eigenvalue weighted by atomic mass is 16.7. The second-order valence-electron chi connectivity index (χ2n) is 19.1. The van der Waals surface area contributed by atoms with E-state index in [2.05, 4.69) is 37.8 Å². The van der Waals surface area contributed by atoms with Crippen LogP contribution in [0.3, 0.4) is 0 Å². The van der Waals surface area contributed by atoms with Crippen LogP contribution in [0.25, 0.3) is 22.3 Å². The first kappa shape index (κ1) is 52.5. The number of pyridine rings is 2. The fourth-order valence-corrected chi connectivity index (χ4v) is 9.53. The fraction of sp³-hybridized carbons (Fsp3) is 0.471. The van der Waals surface area contributed by atoms with Crippen molar-refractivity contribution in [2.45, 2.75) is 96.9 Å². The first-order valence-electron chi connectivity index (χ1n) is 24.7. The van der Waals surface area contributed by atoms with E-state index in [1.807, 2.05) is 12.1 Å². The Morgan fingerprint density at radius 1 is 0.919 bits per heavy atom. The topological polar surface area (TPSA) is 311 Å². The number of carboxylic acids is 1. The van der Waals surface area contributed by atoms with Crippen molar-refractivity contribution < 1.29 is 57.6 Å². The summed E-state index contributed by atoms with van der Waals surface area (Å²) in [5.74, 6) is -3.24. The monoisotopic (exact) mass is 1020 g/mol. The van der Waals surface area contributed by atoms with Crippen molar-refractivity contribution in [3.05, 3.63) is 80.6 Å². The Balaban J connectivity index is 0.976. The lowest BCUT2D eigenvalue weighted by Crippen LogP contribution is -2.54. The number of anilines is 1. The molecule has 0 radical (unpaired) electrons. The summed E-state index contributed by atoms with van der Waals surface area (Å²) in [4.78, 5) is 106. The van der Waals surface area contributed by atoms with Crippen LogP contribution in [-0.2, 0) is 70.1 Å². The molecule has 23 heteroatoms. The number of carboxylic acid groups (broad SMARTS) is 1. The Kier molecular flexibility index (Phi) is 16.0. The Morgan fingerprint density at radius 2 is 1.64 bits per heavy atom. The Hall–Kier alpha value is -7.79. The highest BCUT2D eigenvalue weighted by Crippen LogP contribution is 2.44. The number of hydrogen-bond donors (Lipinski definition) is 6. The zero-order valence-corrected chi connectivity index (χ0v) is 41.8. The number of carbonyl (C=O) groups excluding carboxylic acids is 5. The fourth-order valence-electron chi connectivity index (χ4n) is 9.53. The normalized spacial score (nSPS) is 17.7. The summed E-state index contributed by atoms with van der Waals surface area (Å²) in [5, 5.41) is 17.9.